The minimum atomic E-state index is -0.481. The molecule has 1 aliphatic heterocycles. The highest BCUT2D eigenvalue weighted by Gasteiger charge is 2.25. The number of nitrogens with zero attached hydrogens (tertiary/aromatic N) is 1. The molecular weight excluding hydrogens is 342 g/mol. The van der Waals surface area contributed by atoms with Crippen molar-refractivity contribution in [3.8, 4) is 5.75 Å². The lowest BCUT2D eigenvalue weighted by Gasteiger charge is -2.21. The van der Waals surface area contributed by atoms with Gasteiger partial charge < -0.3 is 14.2 Å². The van der Waals surface area contributed by atoms with Gasteiger partial charge in [0.05, 0.1) is 18.9 Å². The van der Waals surface area contributed by atoms with Crippen molar-refractivity contribution in [2.75, 3.05) is 24.7 Å². The molecule has 3 rings (SSSR count). The molecule has 2 heterocycles. The number of esters is 1. The van der Waals surface area contributed by atoms with Crippen LogP contribution in [0.25, 0.3) is 0 Å². The Kier molecular flexibility index (Phi) is 5.35. The quantitative estimate of drug-likeness (QED) is 0.559. The average Bonchev–Trinajstić information content (AvgIpc) is 3.27. The second-order valence-electron chi connectivity index (χ2n) is 5.47. The lowest BCUT2D eigenvalue weighted by Crippen LogP contribution is -2.22. The van der Waals surface area contributed by atoms with Crippen molar-refractivity contribution in [3.05, 3.63) is 41.3 Å². The summed E-state index contributed by atoms with van der Waals surface area (Å²) in [7, 11) is 0. The Morgan fingerprint density at radius 2 is 2.16 bits per heavy atom. The Morgan fingerprint density at radius 3 is 2.76 bits per heavy atom. The molecule has 0 saturated carbocycles. The molecule has 0 N–H and O–H groups in total. The number of benzene rings is 1. The molecule has 1 amide bonds. The second-order valence-corrected chi connectivity index (χ2v) is 6.40. The van der Waals surface area contributed by atoms with E-state index in [1.54, 1.807) is 30.0 Å². The molecule has 2 aromatic rings. The first-order valence-electron chi connectivity index (χ1n) is 8.00. The van der Waals surface area contributed by atoms with Crippen LogP contribution in [0.4, 0.5) is 10.7 Å². The number of epoxide rings is 1. The highest BCUT2D eigenvalue weighted by Crippen LogP contribution is 2.33. The highest BCUT2D eigenvalue weighted by atomic mass is 32.1. The molecule has 1 saturated heterocycles. The van der Waals surface area contributed by atoms with E-state index in [0.29, 0.717) is 30.2 Å². The maximum absolute atomic E-state index is 12.3. The predicted octanol–water partition coefficient (Wildman–Crippen LogP) is 3.39. The van der Waals surface area contributed by atoms with Gasteiger partial charge in [-0.2, -0.15) is 0 Å². The molecule has 0 spiro atoms. The maximum Gasteiger partial charge on any atom is 0.341 e. The van der Waals surface area contributed by atoms with Crippen LogP contribution >= 0.6 is 11.3 Å². The number of anilines is 2. The SMILES string of the molecule is CCOC(=O)c1cc(N(C(C)=O)c2cccs2)ccc1OCC1CO1. The van der Waals surface area contributed by atoms with Gasteiger partial charge in [-0.05, 0) is 42.6 Å². The number of rotatable bonds is 7. The molecule has 1 unspecified atom stereocenters. The first-order valence-corrected chi connectivity index (χ1v) is 8.88. The summed E-state index contributed by atoms with van der Waals surface area (Å²) in [6.07, 6.45) is 0.0783. The monoisotopic (exact) mass is 361 g/mol. The van der Waals surface area contributed by atoms with Crippen LogP contribution in [0.1, 0.15) is 24.2 Å². The van der Waals surface area contributed by atoms with E-state index in [-0.39, 0.29) is 18.6 Å². The van der Waals surface area contributed by atoms with Crippen LogP contribution in [0.5, 0.6) is 5.75 Å². The molecule has 132 valence electrons. The third-order valence-corrected chi connectivity index (χ3v) is 4.44. The lowest BCUT2D eigenvalue weighted by atomic mass is 10.1. The van der Waals surface area contributed by atoms with E-state index in [1.165, 1.54) is 18.3 Å². The van der Waals surface area contributed by atoms with Gasteiger partial charge in [0.25, 0.3) is 0 Å². The molecule has 1 atom stereocenters. The topological polar surface area (TPSA) is 68.4 Å². The van der Waals surface area contributed by atoms with Crippen LogP contribution in [-0.2, 0) is 14.3 Å². The number of carbonyl (C=O) groups is 2. The zero-order valence-electron chi connectivity index (χ0n) is 14.1. The number of thiophene rings is 1. The van der Waals surface area contributed by atoms with Gasteiger partial charge in [-0.15, -0.1) is 11.3 Å². The fraction of sp³-hybridized carbons (Fsp3) is 0.333. The van der Waals surface area contributed by atoms with Gasteiger partial charge in [0.2, 0.25) is 5.91 Å². The third-order valence-electron chi connectivity index (χ3n) is 3.59. The zero-order chi connectivity index (χ0) is 17.8. The third kappa shape index (κ3) is 4.18. The van der Waals surface area contributed by atoms with Crippen LogP contribution in [0.15, 0.2) is 35.7 Å². The van der Waals surface area contributed by atoms with Crippen molar-refractivity contribution >= 4 is 33.9 Å². The van der Waals surface area contributed by atoms with Gasteiger partial charge in [0, 0.05) is 6.92 Å². The van der Waals surface area contributed by atoms with Gasteiger partial charge in [0.1, 0.15) is 29.0 Å². The van der Waals surface area contributed by atoms with E-state index in [2.05, 4.69) is 0 Å². The summed E-state index contributed by atoms with van der Waals surface area (Å²) < 4.78 is 15.9. The van der Waals surface area contributed by atoms with E-state index in [0.717, 1.165) is 5.00 Å². The summed E-state index contributed by atoms with van der Waals surface area (Å²) in [6.45, 7) is 4.54. The second kappa shape index (κ2) is 7.67. The van der Waals surface area contributed by atoms with Crippen molar-refractivity contribution < 1.29 is 23.8 Å². The molecule has 0 radical (unpaired) electrons. The molecule has 0 aliphatic carbocycles. The fourth-order valence-electron chi connectivity index (χ4n) is 2.36. The molecule has 25 heavy (non-hydrogen) atoms. The maximum atomic E-state index is 12.3. The summed E-state index contributed by atoms with van der Waals surface area (Å²) in [5, 5.41) is 2.67. The predicted molar refractivity (Wildman–Crippen MR) is 94.8 cm³/mol. The van der Waals surface area contributed by atoms with Crippen molar-refractivity contribution in [2.45, 2.75) is 20.0 Å². The van der Waals surface area contributed by atoms with E-state index in [4.69, 9.17) is 14.2 Å². The average molecular weight is 361 g/mol. The lowest BCUT2D eigenvalue weighted by molar-refractivity contribution is -0.115. The van der Waals surface area contributed by atoms with Crippen molar-refractivity contribution in [2.24, 2.45) is 0 Å². The van der Waals surface area contributed by atoms with Crippen LogP contribution in [-0.4, -0.2) is 37.8 Å². The number of hydrogen-bond acceptors (Lipinski definition) is 6. The molecule has 1 aromatic heterocycles. The molecule has 6 nitrogen and oxygen atoms in total. The summed E-state index contributed by atoms with van der Waals surface area (Å²) in [5.74, 6) is -0.199. The molecular formula is C18H19NO5S. The van der Waals surface area contributed by atoms with E-state index in [9.17, 15) is 9.59 Å². The number of carbonyl (C=O) groups excluding carboxylic acids is 2. The van der Waals surface area contributed by atoms with Crippen LogP contribution in [0.2, 0.25) is 0 Å². The van der Waals surface area contributed by atoms with E-state index >= 15 is 0 Å². The minimum absolute atomic E-state index is 0.0783. The summed E-state index contributed by atoms with van der Waals surface area (Å²) >= 11 is 1.45. The standard InChI is InChI=1S/C18H19NO5S/c1-3-22-18(21)15-9-13(6-7-16(15)24-11-14-10-23-14)19(12(2)20)17-5-4-8-25-17/h4-9,14H,3,10-11H2,1-2H3. The van der Waals surface area contributed by atoms with Gasteiger partial charge in [-0.1, -0.05) is 0 Å². The number of hydrogen-bond donors (Lipinski definition) is 0. The normalized spacial score (nSPS) is 15.5. The molecule has 7 heteroatoms. The molecule has 0 bridgehead atoms. The van der Waals surface area contributed by atoms with Gasteiger partial charge in [0.15, 0.2) is 0 Å². The van der Waals surface area contributed by atoms with E-state index < -0.39 is 5.97 Å². The first-order chi connectivity index (χ1) is 12.1. The van der Waals surface area contributed by atoms with E-state index in [1.807, 2.05) is 17.5 Å². The zero-order valence-corrected chi connectivity index (χ0v) is 14.9. The van der Waals surface area contributed by atoms with Crippen LogP contribution < -0.4 is 9.64 Å². The first kappa shape index (κ1) is 17.4. The smallest absolute Gasteiger partial charge is 0.341 e. The largest absolute Gasteiger partial charge is 0.490 e. The Bertz CT molecular complexity index is 755. The Balaban J connectivity index is 1.94. The number of amides is 1. The summed E-state index contributed by atoms with van der Waals surface area (Å²) in [6, 6.07) is 8.79. The molecule has 1 fully saturated rings. The minimum Gasteiger partial charge on any atom is -0.490 e. The summed E-state index contributed by atoms with van der Waals surface area (Å²) in [4.78, 5) is 26.0. The van der Waals surface area contributed by atoms with Crippen LogP contribution in [0, 0.1) is 0 Å². The Hall–Kier alpha value is -2.38. The Morgan fingerprint density at radius 1 is 1.36 bits per heavy atom. The Labute approximate surface area is 149 Å². The molecule has 1 aromatic carbocycles. The molecule has 1 aliphatic rings. The van der Waals surface area contributed by atoms with Crippen LogP contribution in [0.3, 0.4) is 0 Å². The number of ether oxygens (including phenoxy) is 3. The van der Waals surface area contributed by atoms with Gasteiger partial charge in [-0.3, -0.25) is 9.69 Å². The highest BCUT2D eigenvalue weighted by molar-refractivity contribution is 7.14. The van der Waals surface area contributed by atoms with Gasteiger partial charge in [-0.25, -0.2) is 4.79 Å². The van der Waals surface area contributed by atoms with Crippen molar-refractivity contribution in [1.82, 2.24) is 0 Å². The van der Waals surface area contributed by atoms with Crippen molar-refractivity contribution in [3.63, 3.8) is 0 Å². The summed E-state index contributed by atoms with van der Waals surface area (Å²) in [5.41, 5.74) is 0.885. The van der Waals surface area contributed by atoms with Crippen molar-refractivity contribution in [1.29, 1.82) is 0 Å². The fourth-order valence-corrected chi connectivity index (χ4v) is 3.15. The van der Waals surface area contributed by atoms with Gasteiger partial charge >= 0.3 is 5.97 Å².